The van der Waals surface area contributed by atoms with E-state index >= 15 is 0 Å². The monoisotopic (exact) mass is 781 g/mol. The summed E-state index contributed by atoms with van der Waals surface area (Å²) < 4.78 is 42.5. The van der Waals surface area contributed by atoms with Crippen LogP contribution in [0, 0.1) is 0 Å². The van der Waals surface area contributed by atoms with E-state index in [1.54, 1.807) is 27.8 Å². The maximum Gasteiger partial charge on any atom is 0.316 e. The molecule has 304 valence electrons. The van der Waals surface area contributed by atoms with Crippen molar-refractivity contribution in [2.75, 3.05) is 14.2 Å². The summed E-state index contributed by atoms with van der Waals surface area (Å²) in [5.41, 5.74) is -0.868. The third-order valence-corrected chi connectivity index (χ3v) is 12.1. The second-order valence-corrected chi connectivity index (χ2v) is 15.5. The summed E-state index contributed by atoms with van der Waals surface area (Å²) >= 11 is 0. The first-order chi connectivity index (χ1) is 26.7. The number of phenols is 1. The van der Waals surface area contributed by atoms with E-state index < -0.39 is 90.7 Å². The fourth-order valence-corrected chi connectivity index (χ4v) is 8.95. The Morgan fingerprint density at radius 1 is 0.893 bits per heavy atom. The van der Waals surface area contributed by atoms with Gasteiger partial charge in [-0.05, 0) is 63.6 Å². The van der Waals surface area contributed by atoms with Crippen LogP contribution in [0.3, 0.4) is 0 Å². The Labute approximate surface area is 324 Å². The molecule has 0 radical (unpaired) electrons. The van der Waals surface area contributed by atoms with Gasteiger partial charge in [-0.1, -0.05) is 19.1 Å². The third kappa shape index (κ3) is 7.33. The molecule has 2 aliphatic carbocycles. The number of hydrogen-bond acceptors (Lipinski definition) is 15. The zero-order valence-electron chi connectivity index (χ0n) is 32.4. The smallest absolute Gasteiger partial charge is 0.316 e. The Kier molecular flexibility index (Phi) is 11.6. The lowest BCUT2D eigenvalue weighted by molar-refractivity contribution is -0.320. The highest BCUT2D eigenvalue weighted by Crippen LogP contribution is 2.50. The molecule has 0 spiro atoms. The van der Waals surface area contributed by atoms with Crippen LogP contribution in [0.5, 0.6) is 5.75 Å². The van der Waals surface area contributed by atoms with Gasteiger partial charge in [-0.3, -0.25) is 19.2 Å². The number of aliphatic hydroxyl groups excluding tert-OH is 1. The van der Waals surface area contributed by atoms with E-state index in [1.165, 1.54) is 37.4 Å². The average molecular weight is 782 g/mol. The molecule has 5 aliphatic rings. The Morgan fingerprint density at radius 3 is 2.21 bits per heavy atom. The first-order valence-electron chi connectivity index (χ1n) is 19.4. The van der Waals surface area contributed by atoms with Crippen molar-refractivity contribution in [2.24, 2.45) is 0 Å². The molecule has 2 aromatic carbocycles. The number of Topliss-reactive ketones (excluding diaryl/α,β-unsaturated/α-hetero) is 1. The molecular weight excluding hydrogens is 730 g/mol. The van der Waals surface area contributed by atoms with Crippen LogP contribution >= 0.6 is 0 Å². The van der Waals surface area contributed by atoms with Gasteiger partial charge in [0.25, 0.3) is 0 Å². The molecule has 0 saturated carbocycles. The minimum atomic E-state index is -1.64. The van der Waals surface area contributed by atoms with Crippen molar-refractivity contribution in [3.8, 4) is 5.75 Å². The number of nitrogens with one attached hydrogen (secondary N) is 1. The van der Waals surface area contributed by atoms with Crippen LogP contribution in [0.15, 0.2) is 30.3 Å². The van der Waals surface area contributed by atoms with Crippen LogP contribution in [0.2, 0.25) is 0 Å². The summed E-state index contributed by atoms with van der Waals surface area (Å²) in [6, 6.07) is 6.97. The second kappa shape index (κ2) is 16.0. The van der Waals surface area contributed by atoms with Gasteiger partial charge in [-0.15, -0.1) is 0 Å². The molecule has 13 unspecified atom stereocenters. The topological polar surface area (TPSA) is 206 Å². The number of rotatable bonds is 9. The highest BCUT2D eigenvalue weighted by atomic mass is 16.7. The quantitative estimate of drug-likeness (QED) is 0.230. The molecule has 13 atom stereocenters. The summed E-state index contributed by atoms with van der Waals surface area (Å²) in [6.45, 7) is 7.04. The number of phenolic OH excluding ortho intramolecular Hbond substituents is 1. The van der Waals surface area contributed by atoms with E-state index in [4.69, 9.17) is 33.2 Å². The fraction of sp³-hybridized carbons (Fsp3) is 0.610. The van der Waals surface area contributed by atoms with Crippen LogP contribution in [-0.4, -0.2) is 120 Å². The summed E-state index contributed by atoms with van der Waals surface area (Å²) in [6.07, 6.45) is -5.69. The predicted molar refractivity (Wildman–Crippen MR) is 195 cm³/mol. The first-order valence-corrected chi connectivity index (χ1v) is 19.4. The summed E-state index contributed by atoms with van der Waals surface area (Å²) in [5, 5.41) is 37.0. The van der Waals surface area contributed by atoms with E-state index in [0.717, 1.165) is 0 Å². The number of hydrogen-bond donors (Lipinski definition) is 4. The van der Waals surface area contributed by atoms with Crippen molar-refractivity contribution in [1.82, 2.24) is 5.32 Å². The molecule has 15 heteroatoms. The summed E-state index contributed by atoms with van der Waals surface area (Å²) in [4.78, 5) is 52.8. The number of methoxy groups -OCH3 is 1. The average Bonchev–Trinajstić information content (AvgIpc) is 3.16. The number of ether oxygens (including phenoxy) is 7. The molecule has 56 heavy (non-hydrogen) atoms. The number of carbonyl (C=O) groups excluding carboxylic acids is 4. The summed E-state index contributed by atoms with van der Waals surface area (Å²) in [7, 11) is 3.01. The molecule has 0 bridgehead atoms. The molecular formula is C41H51NO14. The molecule has 3 heterocycles. The van der Waals surface area contributed by atoms with E-state index in [0.29, 0.717) is 30.4 Å². The number of likely N-dealkylation sites (N-methyl/N-ethyl adjacent to an activating group) is 1. The van der Waals surface area contributed by atoms with Gasteiger partial charge in [0.1, 0.15) is 30.0 Å². The van der Waals surface area contributed by atoms with Crippen molar-refractivity contribution >= 4 is 23.3 Å². The molecule has 4 N–H and O–H groups in total. The zero-order chi connectivity index (χ0) is 40.2. The number of fused-ring (bicyclic) bond motifs is 3. The highest BCUT2D eigenvalue weighted by molar-refractivity contribution is 6.29. The molecule has 0 amide bonds. The van der Waals surface area contributed by atoms with Gasteiger partial charge in [-0.2, -0.15) is 0 Å². The van der Waals surface area contributed by atoms with Crippen LogP contribution in [0.1, 0.15) is 121 Å². The molecule has 3 aliphatic heterocycles. The lowest BCUT2D eigenvalue weighted by Gasteiger charge is -2.47. The van der Waals surface area contributed by atoms with Crippen molar-refractivity contribution < 1.29 is 67.7 Å². The van der Waals surface area contributed by atoms with Crippen LogP contribution in [0.4, 0.5) is 0 Å². The normalized spacial score (nSPS) is 37.0. The van der Waals surface area contributed by atoms with Crippen molar-refractivity contribution in [1.29, 1.82) is 0 Å². The van der Waals surface area contributed by atoms with Crippen LogP contribution < -0.4 is 5.32 Å². The van der Waals surface area contributed by atoms with Gasteiger partial charge in [0.2, 0.25) is 0 Å². The van der Waals surface area contributed by atoms with Gasteiger partial charge in [0.15, 0.2) is 36.2 Å². The SMILES string of the molecule is CCC1(O)CC(OC2CC(NC)C(OC3CC(O)C(OC4CCC(=O)C(C)O4)C(C)O3)C(C)O2)c2cc3c(cc2C1C(=O)OC)C(=O)c1cccc(O)c1C3=O. The van der Waals surface area contributed by atoms with Crippen LogP contribution in [0.25, 0.3) is 0 Å². The molecule has 0 aromatic heterocycles. The lowest BCUT2D eigenvalue weighted by Crippen LogP contribution is -2.58. The van der Waals surface area contributed by atoms with Gasteiger partial charge in [0.05, 0.1) is 42.7 Å². The first kappa shape index (κ1) is 40.6. The number of ketones is 3. The Morgan fingerprint density at radius 2 is 1.55 bits per heavy atom. The number of benzene rings is 2. The number of esters is 1. The van der Waals surface area contributed by atoms with Gasteiger partial charge in [-0.25, -0.2) is 0 Å². The zero-order valence-corrected chi connectivity index (χ0v) is 32.4. The lowest BCUT2D eigenvalue weighted by atomic mass is 9.67. The van der Waals surface area contributed by atoms with E-state index in [-0.39, 0.29) is 59.1 Å². The standard InChI is InChI=1S/C41H51NO14/c1-7-41(49)17-30(22-13-25-24(14-23(22)35(41)40(48)50-6)36(46)21-9-8-10-28(44)34(21)37(25)47)54-32-15-26(42-5)38(19(3)52-32)56-33-16-29(45)39(20(4)53-33)55-31-12-11-27(43)18(2)51-31/h8-10,13-14,18-20,26,29-33,35,38-39,42,44-45,49H,7,11-12,15-17H2,1-6H3. The molecule has 15 nitrogen and oxygen atoms in total. The fourth-order valence-electron chi connectivity index (χ4n) is 8.95. The molecule has 3 fully saturated rings. The Hall–Kier alpha value is -3.64. The number of carbonyl (C=O) groups is 4. The Bertz CT molecular complexity index is 1850. The van der Waals surface area contributed by atoms with Crippen LogP contribution in [-0.2, 0) is 42.7 Å². The molecule has 3 saturated heterocycles. The minimum Gasteiger partial charge on any atom is -0.507 e. The van der Waals surface area contributed by atoms with E-state index in [1.807, 2.05) is 6.92 Å². The maximum atomic E-state index is 13.8. The predicted octanol–water partition coefficient (Wildman–Crippen LogP) is 3.11. The highest BCUT2D eigenvalue weighted by Gasteiger charge is 2.52. The van der Waals surface area contributed by atoms with Gasteiger partial charge in [0, 0.05) is 54.8 Å². The largest absolute Gasteiger partial charge is 0.507 e. The minimum absolute atomic E-state index is 0.0154. The van der Waals surface area contributed by atoms with E-state index in [2.05, 4.69) is 5.32 Å². The summed E-state index contributed by atoms with van der Waals surface area (Å²) in [5.74, 6) is -3.22. The molecule has 7 rings (SSSR count). The second-order valence-electron chi connectivity index (χ2n) is 15.5. The number of aliphatic hydroxyl groups is 2. The molecule has 2 aromatic rings. The Balaban J connectivity index is 1.10. The van der Waals surface area contributed by atoms with Crippen molar-refractivity contribution in [3.63, 3.8) is 0 Å². The third-order valence-electron chi connectivity index (χ3n) is 12.1. The van der Waals surface area contributed by atoms with Crippen molar-refractivity contribution in [3.05, 3.63) is 63.7 Å². The van der Waals surface area contributed by atoms with Gasteiger partial charge < -0.3 is 53.8 Å². The van der Waals surface area contributed by atoms with Crippen molar-refractivity contribution in [2.45, 2.75) is 145 Å². The number of aromatic hydroxyl groups is 1. The van der Waals surface area contributed by atoms with Gasteiger partial charge >= 0.3 is 5.97 Å². The van der Waals surface area contributed by atoms with E-state index in [9.17, 15) is 34.5 Å². The maximum absolute atomic E-state index is 13.8.